The van der Waals surface area contributed by atoms with Gasteiger partial charge in [-0.05, 0) is 48.2 Å². The number of benzene rings is 2. The number of hydrogen-bond acceptors (Lipinski definition) is 3. The maximum absolute atomic E-state index is 12.5. The van der Waals surface area contributed by atoms with Crippen LogP contribution < -0.4 is 10.0 Å². The summed E-state index contributed by atoms with van der Waals surface area (Å²) < 4.78 is 27.8. The Morgan fingerprint density at radius 3 is 2.48 bits per heavy atom. The van der Waals surface area contributed by atoms with Crippen molar-refractivity contribution in [1.29, 1.82) is 0 Å². The lowest BCUT2D eigenvalue weighted by Gasteiger charge is -2.14. The number of sulfonamides is 1. The van der Waals surface area contributed by atoms with E-state index in [-0.39, 0.29) is 16.8 Å². The first-order valence-electron chi connectivity index (χ1n) is 7.43. The van der Waals surface area contributed by atoms with Crippen LogP contribution in [0.15, 0.2) is 53.4 Å². The van der Waals surface area contributed by atoms with E-state index in [0.29, 0.717) is 5.69 Å². The molecule has 0 radical (unpaired) electrons. The minimum atomic E-state index is -3.59. The number of nitrogens with one attached hydrogen (secondary N) is 2. The van der Waals surface area contributed by atoms with Crippen molar-refractivity contribution in [3.8, 4) is 0 Å². The predicted octanol–water partition coefficient (Wildman–Crippen LogP) is 2.61. The van der Waals surface area contributed by atoms with Crippen molar-refractivity contribution in [1.82, 2.24) is 4.72 Å². The molecule has 0 fully saturated rings. The van der Waals surface area contributed by atoms with Gasteiger partial charge in [-0.25, -0.2) is 13.1 Å². The number of aryl methyl sites for hydroxylation is 1. The highest BCUT2D eigenvalue weighted by Gasteiger charge is 2.27. The maximum atomic E-state index is 12.5. The van der Waals surface area contributed by atoms with Crippen molar-refractivity contribution < 1.29 is 13.2 Å². The Balaban J connectivity index is 1.79. The van der Waals surface area contributed by atoms with Crippen molar-refractivity contribution in [2.24, 2.45) is 0 Å². The normalized spacial score (nSPS) is 16.8. The lowest BCUT2D eigenvalue weighted by molar-refractivity contribution is -0.114. The van der Waals surface area contributed by atoms with Crippen LogP contribution in [0.4, 0.5) is 5.69 Å². The predicted molar refractivity (Wildman–Crippen MR) is 88.6 cm³/mol. The van der Waals surface area contributed by atoms with Crippen LogP contribution in [0.5, 0.6) is 0 Å². The standard InChI is InChI=1S/C17H18N2O3S/c1-12(20)18-14-7-9-15(10-8-14)23(21,22)19-17-11-6-13-4-2-3-5-16(13)17/h2-5,7-10,17,19H,6,11H2,1H3,(H,18,20). The highest BCUT2D eigenvalue weighted by Crippen LogP contribution is 2.32. The van der Waals surface area contributed by atoms with Crippen LogP contribution in [-0.4, -0.2) is 14.3 Å². The summed E-state index contributed by atoms with van der Waals surface area (Å²) in [5, 5.41) is 2.62. The third-order valence-corrected chi connectivity index (χ3v) is 5.40. The number of fused-ring (bicyclic) bond motifs is 1. The molecule has 0 saturated heterocycles. The number of hydrogen-bond donors (Lipinski definition) is 2. The average Bonchev–Trinajstić information content (AvgIpc) is 2.90. The molecule has 1 amide bonds. The van der Waals surface area contributed by atoms with Crippen LogP contribution in [0.25, 0.3) is 0 Å². The molecule has 0 saturated carbocycles. The van der Waals surface area contributed by atoms with Gasteiger partial charge < -0.3 is 5.32 Å². The summed E-state index contributed by atoms with van der Waals surface area (Å²) in [6.07, 6.45) is 1.65. The largest absolute Gasteiger partial charge is 0.326 e. The van der Waals surface area contributed by atoms with Gasteiger partial charge in [0.05, 0.1) is 4.90 Å². The summed E-state index contributed by atoms with van der Waals surface area (Å²) in [4.78, 5) is 11.2. The van der Waals surface area contributed by atoms with E-state index in [1.807, 2.05) is 24.3 Å². The molecule has 0 aliphatic heterocycles. The first kappa shape index (κ1) is 15.7. The van der Waals surface area contributed by atoms with Gasteiger partial charge in [-0.3, -0.25) is 4.79 Å². The molecule has 6 heteroatoms. The molecule has 1 aliphatic rings. The Morgan fingerprint density at radius 1 is 1.09 bits per heavy atom. The van der Waals surface area contributed by atoms with Gasteiger partial charge in [-0.1, -0.05) is 24.3 Å². The minimum absolute atomic E-state index is 0.189. The van der Waals surface area contributed by atoms with Crippen molar-refractivity contribution in [3.63, 3.8) is 0 Å². The fraction of sp³-hybridized carbons (Fsp3) is 0.235. The molecule has 0 heterocycles. The molecule has 23 heavy (non-hydrogen) atoms. The maximum Gasteiger partial charge on any atom is 0.241 e. The quantitative estimate of drug-likeness (QED) is 0.905. The van der Waals surface area contributed by atoms with Gasteiger partial charge in [0.2, 0.25) is 15.9 Å². The number of rotatable bonds is 4. The van der Waals surface area contributed by atoms with Gasteiger partial charge in [-0.15, -0.1) is 0 Å². The van der Waals surface area contributed by atoms with Crippen LogP contribution >= 0.6 is 0 Å². The fourth-order valence-electron chi connectivity index (χ4n) is 2.86. The van der Waals surface area contributed by atoms with E-state index >= 15 is 0 Å². The zero-order valence-corrected chi connectivity index (χ0v) is 13.6. The zero-order chi connectivity index (χ0) is 16.4. The molecule has 120 valence electrons. The lowest BCUT2D eigenvalue weighted by atomic mass is 10.1. The van der Waals surface area contributed by atoms with Crippen LogP contribution in [0.3, 0.4) is 0 Å². The Bertz CT molecular complexity index is 829. The molecule has 5 nitrogen and oxygen atoms in total. The topological polar surface area (TPSA) is 75.3 Å². The van der Waals surface area contributed by atoms with Crippen molar-refractivity contribution in [2.45, 2.75) is 30.7 Å². The summed E-state index contributed by atoms with van der Waals surface area (Å²) in [5.41, 5.74) is 2.81. The molecule has 1 unspecified atom stereocenters. The third kappa shape index (κ3) is 3.43. The Labute approximate surface area is 135 Å². The van der Waals surface area contributed by atoms with Crippen LogP contribution in [0.2, 0.25) is 0 Å². The van der Waals surface area contributed by atoms with E-state index in [0.717, 1.165) is 18.4 Å². The highest BCUT2D eigenvalue weighted by atomic mass is 32.2. The number of anilines is 1. The van der Waals surface area contributed by atoms with E-state index in [1.54, 1.807) is 12.1 Å². The lowest BCUT2D eigenvalue weighted by Crippen LogP contribution is -2.27. The van der Waals surface area contributed by atoms with Crippen LogP contribution in [0, 0.1) is 0 Å². The number of amides is 1. The highest BCUT2D eigenvalue weighted by molar-refractivity contribution is 7.89. The van der Waals surface area contributed by atoms with Gasteiger partial charge in [0.25, 0.3) is 0 Å². The second-order valence-electron chi connectivity index (χ2n) is 5.62. The molecule has 0 aromatic heterocycles. The van der Waals surface area contributed by atoms with E-state index in [2.05, 4.69) is 10.0 Å². The first-order valence-corrected chi connectivity index (χ1v) is 8.92. The molecular weight excluding hydrogens is 312 g/mol. The van der Waals surface area contributed by atoms with Crippen LogP contribution in [-0.2, 0) is 21.2 Å². The molecule has 1 atom stereocenters. The first-order chi connectivity index (χ1) is 11.0. The van der Waals surface area contributed by atoms with Gasteiger partial charge in [0.1, 0.15) is 0 Å². The van der Waals surface area contributed by atoms with E-state index < -0.39 is 10.0 Å². The average molecular weight is 330 g/mol. The van der Waals surface area contributed by atoms with Crippen molar-refractivity contribution in [2.75, 3.05) is 5.32 Å². The molecule has 2 aromatic rings. The molecule has 3 rings (SSSR count). The Hall–Kier alpha value is -2.18. The number of carbonyl (C=O) groups is 1. The smallest absolute Gasteiger partial charge is 0.241 e. The SMILES string of the molecule is CC(=O)Nc1ccc(S(=O)(=O)NC2CCc3ccccc32)cc1. The van der Waals surface area contributed by atoms with Crippen LogP contribution in [0.1, 0.15) is 30.5 Å². The summed E-state index contributed by atoms with van der Waals surface area (Å²) in [7, 11) is -3.59. The van der Waals surface area contributed by atoms with E-state index in [9.17, 15) is 13.2 Å². The molecule has 2 aromatic carbocycles. The minimum Gasteiger partial charge on any atom is -0.326 e. The summed E-state index contributed by atoms with van der Waals surface area (Å²) in [5.74, 6) is -0.193. The second kappa shape index (κ2) is 6.14. The van der Waals surface area contributed by atoms with Crippen molar-refractivity contribution in [3.05, 3.63) is 59.7 Å². The van der Waals surface area contributed by atoms with Gasteiger partial charge in [0.15, 0.2) is 0 Å². The Morgan fingerprint density at radius 2 is 1.78 bits per heavy atom. The van der Waals surface area contributed by atoms with Gasteiger partial charge in [-0.2, -0.15) is 0 Å². The molecule has 1 aliphatic carbocycles. The van der Waals surface area contributed by atoms with E-state index in [4.69, 9.17) is 0 Å². The zero-order valence-electron chi connectivity index (χ0n) is 12.7. The summed E-state index contributed by atoms with van der Waals surface area (Å²) in [6.45, 7) is 1.41. The molecule has 0 bridgehead atoms. The molecular formula is C17H18N2O3S. The van der Waals surface area contributed by atoms with Crippen molar-refractivity contribution >= 4 is 21.6 Å². The monoisotopic (exact) mass is 330 g/mol. The van der Waals surface area contributed by atoms with Gasteiger partial charge >= 0.3 is 0 Å². The molecule has 2 N–H and O–H groups in total. The Kier molecular flexibility index (Phi) is 4.19. The summed E-state index contributed by atoms with van der Waals surface area (Å²) >= 11 is 0. The second-order valence-corrected chi connectivity index (χ2v) is 7.33. The number of carbonyl (C=O) groups excluding carboxylic acids is 1. The third-order valence-electron chi connectivity index (χ3n) is 3.92. The van der Waals surface area contributed by atoms with E-state index in [1.165, 1.54) is 24.6 Å². The fourth-order valence-corrected chi connectivity index (χ4v) is 4.11. The summed E-state index contributed by atoms with van der Waals surface area (Å²) in [6, 6.07) is 13.9. The van der Waals surface area contributed by atoms with Gasteiger partial charge in [0, 0.05) is 18.7 Å². The molecule has 0 spiro atoms.